The molecule has 2 aromatic carbocycles. The molecule has 7 heteroatoms. The summed E-state index contributed by atoms with van der Waals surface area (Å²) in [6.45, 7) is 0. The van der Waals surface area contributed by atoms with Crippen molar-refractivity contribution in [2.45, 2.75) is 4.90 Å². The normalized spacial score (nSPS) is 16.7. The van der Waals surface area contributed by atoms with Crippen LogP contribution in [0.5, 0.6) is 0 Å². The molecule has 0 aliphatic carbocycles. The fourth-order valence-corrected chi connectivity index (χ4v) is 4.16. The molecule has 23 heavy (non-hydrogen) atoms. The van der Waals surface area contributed by atoms with Crippen molar-refractivity contribution in [1.29, 1.82) is 0 Å². The summed E-state index contributed by atoms with van der Waals surface area (Å²) >= 11 is 0. The molecular weight excluding hydrogens is 314 g/mol. The minimum atomic E-state index is -3.73. The number of aliphatic hydroxyl groups is 1. The van der Waals surface area contributed by atoms with Crippen LogP contribution in [0.2, 0.25) is 0 Å². The van der Waals surface area contributed by atoms with Crippen LogP contribution in [0.15, 0.2) is 53.4 Å². The lowest BCUT2D eigenvalue weighted by Crippen LogP contribution is -2.31. The minimum absolute atomic E-state index is 0.0832. The van der Waals surface area contributed by atoms with Crippen LogP contribution in [0, 0.1) is 0 Å². The van der Waals surface area contributed by atoms with Gasteiger partial charge in [0.1, 0.15) is 5.70 Å². The van der Waals surface area contributed by atoms with Gasteiger partial charge in [-0.25, -0.2) is 13.4 Å². The number of H-pyrrole nitrogens is 1. The van der Waals surface area contributed by atoms with E-state index in [1.807, 2.05) is 24.3 Å². The van der Waals surface area contributed by atoms with Crippen LogP contribution in [0.3, 0.4) is 0 Å². The number of aliphatic hydroxyl groups excluding tert-OH is 1. The number of nitrogens with zero attached hydrogens (tertiary/aromatic N) is 2. The number of sulfonamides is 1. The van der Waals surface area contributed by atoms with Crippen molar-refractivity contribution in [2.24, 2.45) is 0 Å². The van der Waals surface area contributed by atoms with E-state index in [1.165, 1.54) is 13.1 Å². The van der Waals surface area contributed by atoms with Gasteiger partial charge in [0, 0.05) is 12.6 Å². The lowest BCUT2D eigenvalue weighted by atomic mass is 10.1. The van der Waals surface area contributed by atoms with Crippen molar-refractivity contribution in [2.75, 3.05) is 7.05 Å². The van der Waals surface area contributed by atoms with E-state index >= 15 is 0 Å². The number of nitrogens with one attached hydrogen (secondary N) is 1. The van der Waals surface area contributed by atoms with Crippen LogP contribution < -0.4 is 0 Å². The van der Waals surface area contributed by atoms with Gasteiger partial charge in [-0.2, -0.15) is 0 Å². The highest BCUT2D eigenvalue weighted by atomic mass is 32.2. The van der Waals surface area contributed by atoms with Crippen molar-refractivity contribution in [3.8, 4) is 0 Å². The minimum Gasteiger partial charge on any atom is -0.505 e. The fourth-order valence-electron chi connectivity index (χ4n) is 2.76. The Morgan fingerprint density at radius 3 is 2.57 bits per heavy atom. The molecule has 0 saturated heterocycles. The number of fused-ring (bicyclic) bond motifs is 2. The maximum absolute atomic E-state index is 12.7. The van der Waals surface area contributed by atoms with Crippen molar-refractivity contribution in [1.82, 2.24) is 14.3 Å². The largest absolute Gasteiger partial charge is 0.505 e. The number of imidazole rings is 1. The first-order valence-corrected chi connectivity index (χ1v) is 8.41. The highest BCUT2D eigenvalue weighted by Crippen LogP contribution is 2.38. The molecule has 0 radical (unpaired) electrons. The van der Waals surface area contributed by atoms with Crippen LogP contribution in [0.25, 0.3) is 22.5 Å². The molecule has 2 N–H and O–H groups in total. The molecule has 0 bridgehead atoms. The summed E-state index contributed by atoms with van der Waals surface area (Å²) in [4.78, 5) is 7.54. The Morgan fingerprint density at radius 1 is 1.09 bits per heavy atom. The molecule has 3 aromatic rings. The second-order valence-electron chi connectivity index (χ2n) is 5.27. The Morgan fingerprint density at radius 2 is 1.78 bits per heavy atom. The van der Waals surface area contributed by atoms with E-state index in [2.05, 4.69) is 9.97 Å². The van der Waals surface area contributed by atoms with Gasteiger partial charge < -0.3 is 10.1 Å². The summed E-state index contributed by atoms with van der Waals surface area (Å²) in [6.07, 6.45) is 0. The molecule has 2 heterocycles. The van der Waals surface area contributed by atoms with E-state index in [-0.39, 0.29) is 21.9 Å². The van der Waals surface area contributed by atoms with Crippen molar-refractivity contribution in [3.05, 3.63) is 59.9 Å². The van der Waals surface area contributed by atoms with Crippen LogP contribution in [-0.2, 0) is 10.0 Å². The average molecular weight is 327 g/mol. The number of benzene rings is 2. The smallest absolute Gasteiger partial charge is 0.265 e. The SMILES string of the molecule is CN1C(c2nc3ccccc3[nH]2)=C(O)c2ccccc2S1(=O)=O. The highest BCUT2D eigenvalue weighted by Gasteiger charge is 2.36. The molecule has 0 spiro atoms. The Balaban J connectivity index is 2.04. The zero-order chi connectivity index (χ0) is 16.2. The number of aromatic nitrogens is 2. The Bertz CT molecular complexity index is 1030. The molecule has 1 aromatic heterocycles. The summed E-state index contributed by atoms with van der Waals surface area (Å²) in [6, 6.07) is 13.7. The molecular formula is C16H13N3O3S. The van der Waals surface area contributed by atoms with Crippen LogP contribution in [0.1, 0.15) is 11.4 Å². The van der Waals surface area contributed by atoms with E-state index in [9.17, 15) is 13.5 Å². The third kappa shape index (κ3) is 1.86. The summed E-state index contributed by atoms with van der Waals surface area (Å²) in [5.41, 5.74) is 1.89. The van der Waals surface area contributed by atoms with Crippen molar-refractivity contribution in [3.63, 3.8) is 0 Å². The Kier molecular flexibility index (Phi) is 2.76. The van der Waals surface area contributed by atoms with Gasteiger partial charge in [-0.15, -0.1) is 0 Å². The molecule has 0 unspecified atom stereocenters. The Hall–Kier alpha value is -2.80. The molecule has 0 saturated carbocycles. The van der Waals surface area contributed by atoms with E-state index in [0.717, 1.165) is 9.82 Å². The first-order chi connectivity index (χ1) is 11.0. The monoisotopic (exact) mass is 327 g/mol. The molecule has 0 atom stereocenters. The number of hydrogen-bond donors (Lipinski definition) is 2. The maximum atomic E-state index is 12.7. The van der Waals surface area contributed by atoms with Gasteiger partial charge in [0.05, 0.1) is 15.9 Å². The van der Waals surface area contributed by atoms with Gasteiger partial charge in [-0.05, 0) is 24.3 Å². The van der Waals surface area contributed by atoms with E-state index in [4.69, 9.17) is 0 Å². The summed E-state index contributed by atoms with van der Waals surface area (Å²) in [5.74, 6) is 0.196. The van der Waals surface area contributed by atoms with Gasteiger partial charge in [0.15, 0.2) is 11.6 Å². The molecule has 1 aliphatic heterocycles. The van der Waals surface area contributed by atoms with Crippen LogP contribution >= 0.6 is 0 Å². The van der Waals surface area contributed by atoms with Crippen LogP contribution in [0.4, 0.5) is 0 Å². The second kappa shape index (κ2) is 4.60. The molecule has 116 valence electrons. The van der Waals surface area contributed by atoms with Gasteiger partial charge >= 0.3 is 0 Å². The van der Waals surface area contributed by atoms with Gasteiger partial charge in [-0.1, -0.05) is 24.3 Å². The first-order valence-electron chi connectivity index (χ1n) is 6.97. The fraction of sp³-hybridized carbons (Fsp3) is 0.0625. The van der Waals surface area contributed by atoms with Crippen LogP contribution in [-0.4, -0.2) is 34.8 Å². The lowest BCUT2D eigenvalue weighted by molar-refractivity contribution is 0.486. The first kappa shape index (κ1) is 13.8. The molecule has 6 nitrogen and oxygen atoms in total. The maximum Gasteiger partial charge on any atom is 0.265 e. The third-order valence-corrected chi connectivity index (χ3v) is 5.75. The predicted molar refractivity (Wildman–Crippen MR) is 86.9 cm³/mol. The second-order valence-corrected chi connectivity index (χ2v) is 7.21. The number of para-hydroxylation sites is 2. The van der Waals surface area contributed by atoms with Crippen molar-refractivity contribution < 1.29 is 13.5 Å². The third-order valence-electron chi connectivity index (χ3n) is 3.93. The number of rotatable bonds is 1. The molecule has 4 rings (SSSR count). The zero-order valence-corrected chi connectivity index (χ0v) is 13.0. The highest BCUT2D eigenvalue weighted by molar-refractivity contribution is 7.89. The standard InChI is InChI=1S/C16H13N3O3S/c1-19-14(16-17-11-7-3-4-8-12(11)18-16)15(20)10-6-2-5-9-13(10)23(19,21)22/h2-9,20H,1H3,(H,17,18). The number of aromatic amines is 1. The van der Waals surface area contributed by atoms with E-state index < -0.39 is 10.0 Å². The lowest BCUT2D eigenvalue weighted by Gasteiger charge is -2.28. The number of hydrogen-bond acceptors (Lipinski definition) is 4. The van der Waals surface area contributed by atoms with Gasteiger partial charge in [0.25, 0.3) is 10.0 Å². The molecule has 1 aliphatic rings. The predicted octanol–water partition coefficient (Wildman–Crippen LogP) is 2.58. The van der Waals surface area contributed by atoms with Crippen molar-refractivity contribution >= 4 is 32.5 Å². The van der Waals surface area contributed by atoms with E-state index in [1.54, 1.807) is 18.2 Å². The summed E-state index contributed by atoms with van der Waals surface area (Å²) in [7, 11) is -2.33. The topological polar surface area (TPSA) is 86.3 Å². The van der Waals surface area contributed by atoms with Gasteiger partial charge in [0.2, 0.25) is 0 Å². The summed E-state index contributed by atoms with van der Waals surface area (Å²) < 4.78 is 26.4. The van der Waals surface area contributed by atoms with Gasteiger partial charge in [-0.3, -0.25) is 4.31 Å². The molecule has 0 amide bonds. The Labute approximate surface area is 132 Å². The quantitative estimate of drug-likeness (QED) is 0.719. The molecule has 0 fully saturated rings. The summed E-state index contributed by atoms with van der Waals surface area (Å²) in [5, 5.41) is 10.6. The average Bonchev–Trinajstić information content (AvgIpc) is 2.97. The zero-order valence-electron chi connectivity index (χ0n) is 12.2. The van der Waals surface area contributed by atoms with E-state index in [0.29, 0.717) is 11.3 Å².